The average molecular weight is 362 g/mol. The highest BCUT2D eigenvalue weighted by molar-refractivity contribution is 7.20. The van der Waals surface area contributed by atoms with Crippen LogP contribution in [0.15, 0.2) is 48.5 Å². The first-order valence-electron chi connectivity index (χ1n) is 7.98. The molecule has 0 radical (unpaired) electrons. The Morgan fingerprint density at radius 2 is 1.96 bits per heavy atom. The van der Waals surface area contributed by atoms with Gasteiger partial charge in [-0.05, 0) is 23.8 Å². The van der Waals surface area contributed by atoms with Crippen LogP contribution in [0.2, 0.25) is 0 Å². The first-order valence-corrected chi connectivity index (χ1v) is 8.79. The van der Waals surface area contributed by atoms with Gasteiger partial charge in [-0.25, -0.2) is 0 Å². The summed E-state index contributed by atoms with van der Waals surface area (Å²) in [6.45, 7) is 0. The molecule has 7 nitrogen and oxygen atoms in total. The van der Waals surface area contributed by atoms with Crippen LogP contribution in [0.5, 0.6) is 5.75 Å². The molecule has 0 atom stereocenters. The second-order valence-corrected chi connectivity index (χ2v) is 6.80. The molecule has 0 aliphatic carbocycles. The molecule has 128 valence electrons. The Labute approximate surface area is 152 Å². The van der Waals surface area contributed by atoms with Crippen molar-refractivity contribution in [3.8, 4) is 28.4 Å². The highest BCUT2D eigenvalue weighted by Gasteiger charge is 2.21. The molecule has 5 aromatic rings. The number of nitrogen functional groups attached to an aromatic ring is 1. The summed E-state index contributed by atoms with van der Waals surface area (Å²) in [6.07, 6.45) is 0. The van der Waals surface area contributed by atoms with Crippen molar-refractivity contribution in [2.24, 2.45) is 0 Å². The second kappa shape index (κ2) is 5.57. The largest absolute Gasteiger partial charge is 0.497 e. The molecule has 3 N–H and O–H groups in total. The second-order valence-electron chi connectivity index (χ2n) is 5.81. The monoisotopic (exact) mass is 362 g/mol. The predicted molar refractivity (Wildman–Crippen MR) is 102 cm³/mol. The van der Waals surface area contributed by atoms with Crippen molar-refractivity contribution in [1.29, 1.82) is 0 Å². The van der Waals surface area contributed by atoms with E-state index in [1.807, 2.05) is 36.4 Å². The lowest BCUT2D eigenvalue weighted by atomic mass is 10.0. The highest BCUT2D eigenvalue weighted by Crippen LogP contribution is 2.39. The number of nitrogens with zero attached hydrogens (tertiary/aromatic N) is 4. The van der Waals surface area contributed by atoms with Crippen molar-refractivity contribution in [2.45, 2.75) is 0 Å². The van der Waals surface area contributed by atoms with E-state index in [0.717, 1.165) is 33.5 Å². The fourth-order valence-electron chi connectivity index (χ4n) is 3.16. The van der Waals surface area contributed by atoms with E-state index in [1.165, 1.54) is 11.3 Å². The van der Waals surface area contributed by atoms with Crippen molar-refractivity contribution in [2.75, 3.05) is 12.8 Å². The van der Waals surface area contributed by atoms with Gasteiger partial charge in [0, 0.05) is 16.5 Å². The van der Waals surface area contributed by atoms with Crippen molar-refractivity contribution in [3.63, 3.8) is 0 Å². The van der Waals surface area contributed by atoms with Gasteiger partial charge in [0.1, 0.15) is 5.75 Å². The van der Waals surface area contributed by atoms with Crippen LogP contribution in [0.25, 0.3) is 38.5 Å². The van der Waals surface area contributed by atoms with Gasteiger partial charge >= 0.3 is 0 Å². The number of aromatic nitrogens is 5. The third-order valence-electron chi connectivity index (χ3n) is 4.30. The lowest BCUT2D eigenvalue weighted by Gasteiger charge is -2.04. The lowest BCUT2D eigenvalue weighted by Crippen LogP contribution is -1.94. The van der Waals surface area contributed by atoms with E-state index in [4.69, 9.17) is 10.5 Å². The normalized spacial score (nSPS) is 11.4. The molecular weight excluding hydrogens is 348 g/mol. The summed E-state index contributed by atoms with van der Waals surface area (Å²) in [5.41, 5.74) is 9.77. The molecule has 0 fully saturated rings. The summed E-state index contributed by atoms with van der Waals surface area (Å²) in [5.74, 6) is 1.42. The fraction of sp³-hybridized carbons (Fsp3) is 0.0556. The molecule has 8 heteroatoms. The summed E-state index contributed by atoms with van der Waals surface area (Å²) >= 11 is 1.30. The standard InChI is InChI=1S/C18H14N6OS/c1-25-11-7-8-13-12(9-11)14(10-5-3-2-4-6-10)15(20-13)16-21-22-18-24(16)23-17(19)26-18/h2-9,20H,1H3,(H2,19,23). The molecule has 5 rings (SSSR count). The van der Waals surface area contributed by atoms with Gasteiger partial charge in [0.15, 0.2) is 0 Å². The zero-order valence-corrected chi connectivity index (χ0v) is 14.6. The lowest BCUT2D eigenvalue weighted by molar-refractivity contribution is 0.415. The van der Waals surface area contributed by atoms with Gasteiger partial charge in [-0.15, -0.1) is 15.3 Å². The number of H-pyrrole nitrogens is 1. The smallest absolute Gasteiger partial charge is 0.236 e. The first-order chi connectivity index (χ1) is 12.7. The summed E-state index contributed by atoms with van der Waals surface area (Å²) in [6, 6.07) is 16.1. The summed E-state index contributed by atoms with van der Waals surface area (Å²) in [5, 5.41) is 14.4. The van der Waals surface area contributed by atoms with Gasteiger partial charge in [0.05, 0.1) is 12.8 Å². The van der Waals surface area contributed by atoms with E-state index in [1.54, 1.807) is 11.6 Å². The maximum Gasteiger partial charge on any atom is 0.236 e. The number of methoxy groups -OCH3 is 1. The topological polar surface area (TPSA) is 94.1 Å². The molecule has 0 amide bonds. The molecular formula is C18H14N6OS. The SMILES string of the molecule is COc1ccc2[nH]c(-c3nnc4sc(N)nn34)c(-c3ccccc3)c2c1. The first kappa shape index (κ1) is 14.9. The molecule has 3 aromatic heterocycles. The van der Waals surface area contributed by atoms with E-state index < -0.39 is 0 Å². The minimum atomic E-state index is 0.454. The molecule has 26 heavy (non-hydrogen) atoms. The van der Waals surface area contributed by atoms with Crippen LogP contribution in [0, 0.1) is 0 Å². The van der Waals surface area contributed by atoms with Crippen molar-refractivity contribution in [1.82, 2.24) is 24.8 Å². The predicted octanol–water partition coefficient (Wildman–Crippen LogP) is 3.59. The van der Waals surface area contributed by atoms with Crippen LogP contribution in [0.1, 0.15) is 0 Å². The zero-order chi connectivity index (χ0) is 17.7. The van der Waals surface area contributed by atoms with Crippen LogP contribution >= 0.6 is 11.3 Å². The fourth-order valence-corrected chi connectivity index (χ4v) is 3.76. The molecule has 0 saturated heterocycles. The molecule has 0 aliphatic heterocycles. The number of benzene rings is 2. The van der Waals surface area contributed by atoms with E-state index in [9.17, 15) is 0 Å². The Balaban J connectivity index is 1.87. The van der Waals surface area contributed by atoms with Gasteiger partial charge in [-0.3, -0.25) is 0 Å². The van der Waals surface area contributed by atoms with Crippen LogP contribution in [0.4, 0.5) is 5.13 Å². The van der Waals surface area contributed by atoms with Crippen LogP contribution in [-0.4, -0.2) is 31.9 Å². The van der Waals surface area contributed by atoms with Gasteiger partial charge in [-0.1, -0.05) is 41.7 Å². The highest BCUT2D eigenvalue weighted by atomic mass is 32.1. The number of ether oxygens (including phenoxy) is 1. The maximum atomic E-state index is 5.84. The number of hydrogen-bond donors (Lipinski definition) is 2. The molecule has 0 unspecified atom stereocenters. The molecule has 3 heterocycles. The van der Waals surface area contributed by atoms with Crippen LogP contribution in [-0.2, 0) is 0 Å². The van der Waals surface area contributed by atoms with Crippen LogP contribution in [0.3, 0.4) is 0 Å². The molecule has 0 aliphatic rings. The number of nitrogens with one attached hydrogen (secondary N) is 1. The molecule has 0 bridgehead atoms. The van der Waals surface area contributed by atoms with Gasteiger partial charge in [-0.2, -0.15) is 4.52 Å². The average Bonchev–Trinajstić information content (AvgIpc) is 3.33. The van der Waals surface area contributed by atoms with Crippen molar-refractivity contribution >= 4 is 32.3 Å². The van der Waals surface area contributed by atoms with E-state index in [-0.39, 0.29) is 0 Å². The van der Waals surface area contributed by atoms with E-state index in [0.29, 0.717) is 15.9 Å². The molecule has 0 spiro atoms. The number of nitrogens with two attached hydrogens (primary N) is 1. The van der Waals surface area contributed by atoms with E-state index in [2.05, 4.69) is 32.4 Å². The molecule has 0 saturated carbocycles. The Kier molecular flexibility index (Phi) is 3.19. The number of hydrogen-bond acceptors (Lipinski definition) is 6. The number of aromatic amines is 1. The summed E-state index contributed by atoms with van der Waals surface area (Å²) in [7, 11) is 1.66. The number of rotatable bonds is 3. The molecule has 2 aromatic carbocycles. The number of fused-ring (bicyclic) bond motifs is 2. The summed E-state index contributed by atoms with van der Waals surface area (Å²) in [4.78, 5) is 4.12. The minimum Gasteiger partial charge on any atom is -0.497 e. The third kappa shape index (κ3) is 2.16. The summed E-state index contributed by atoms with van der Waals surface area (Å²) < 4.78 is 7.09. The van der Waals surface area contributed by atoms with E-state index >= 15 is 0 Å². The quantitative estimate of drug-likeness (QED) is 0.511. The Hall–Kier alpha value is -3.39. The Bertz CT molecular complexity index is 1240. The van der Waals surface area contributed by atoms with Gasteiger partial charge < -0.3 is 15.5 Å². The van der Waals surface area contributed by atoms with Gasteiger partial charge in [0.2, 0.25) is 15.9 Å². The Morgan fingerprint density at radius 1 is 1.12 bits per heavy atom. The van der Waals surface area contributed by atoms with Crippen LogP contribution < -0.4 is 10.5 Å². The maximum absolute atomic E-state index is 5.84. The Morgan fingerprint density at radius 3 is 2.77 bits per heavy atom. The minimum absolute atomic E-state index is 0.454. The zero-order valence-electron chi connectivity index (χ0n) is 13.8. The number of anilines is 1. The van der Waals surface area contributed by atoms with Gasteiger partial charge in [0.25, 0.3) is 0 Å². The van der Waals surface area contributed by atoms with Crippen molar-refractivity contribution < 1.29 is 4.74 Å². The third-order valence-corrected chi connectivity index (χ3v) is 5.03. The van der Waals surface area contributed by atoms with Crippen molar-refractivity contribution in [3.05, 3.63) is 48.5 Å².